The summed E-state index contributed by atoms with van der Waals surface area (Å²) in [4.78, 5) is 10.9. The number of ketones is 1. The van der Waals surface area contributed by atoms with Crippen molar-refractivity contribution in [1.82, 2.24) is 5.32 Å². The van der Waals surface area contributed by atoms with Gasteiger partial charge in [0.2, 0.25) is 0 Å². The molecule has 0 aliphatic carbocycles. The first-order chi connectivity index (χ1) is 6.81. The summed E-state index contributed by atoms with van der Waals surface area (Å²) in [6.07, 6.45) is 1.12. The van der Waals surface area contributed by atoms with Crippen molar-refractivity contribution < 1.29 is 14.3 Å². The highest BCUT2D eigenvalue weighted by atomic mass is 16.5. The van der Waals surface area contributed by atoms with Crippen LogP contribution in [0.3, 0.4) is 0 Å². The van der Waals surface area contributed by atoms with E-state index in [9.17, 15) is 4.79 Å². The number of Topliss-reactive ketones (excluding diaryl/α,β-unsaturated/α-hetero) is 1. The Hall–Kier alpha value is -0.450. The highest BCUT2D eigenvalue weighted by Crippen LogP contribution is 1.89. The van der Waals surface area contributed by atoms with E-state index in [1.165, 1.54) is 0 Å². The zero-order chi connectivity index (χ0) is 10.6. The van der Waals surface area contributed by atoms with Crippen LogP contribution in [0.25, 0.3) is 0 Å². The van der Waals surface area contributed by atoms with Crippen LogP contribution in [0.1, 0.15) is 19.8 Å². The predicted octanol–water partition coefficient (Wildman–Crippen LogP) is 0.608. The van der Waals surface area contributed by atoms with Crippen molar-refractivity contribution in [3.05, 3.63) is 0 Å². The van der Waals surface area contributed by atoms with E-state index in [0.717, 1.165) is 6.54 Å². The van der Waals surface area contributed by atoms with E-state index in [4.69, 9.17) is 9.47 Å². The molecule has 0 aromatic heterocycles. The van der Waals surface area contributed by atoms with Crippen LogP contribution in [0, 0.1) is 0 Å². The highest BCUT2D eigenvalue weighted by molar-refractivity contribution is 5.78. The van der Waals surface area contributed by atoms with Crippen molar-refractivity contribution in [3.8, 4) is 0 Å². The summed E-state index contributed by atoms with van der Waals surface area (Å²) < 4.78 is 10.5. The smallest absolute Gasteiger partial charge is 0.134 e. The third-order valence-corrected chi connectivity index (χ3v) is 1.79. The molecule has 0 unspecified atom stereocenters. The summed E-state index contributed by atoms with van der Waals surface area (Å²) in [7, 11) is 1.89. The number of likely N-dealkylation sites (N-methyl/N-ethyl adjacent to an activating group) is 1. The first-order valence-corrected chi connectivity index (χ1v) is 5.13. The van der Waals surface area contributed by atoms with Gasteiger partial charge in [0.05, 0.1) is 26.4 Å². The highest BCUT2D eigenvalue weighted by Gasteiger charge is 1.97. The lowest BCUT2D eigenvalue weighted by Crippen LogP contribution is -2.16. The third kappa shape index (κ3) is 9.64. The summed E-state index contributed by atoms with van der Waals surface area (Å²) in [5.74, 6) is 0.251. The molecule has 84 valence electrons. The number of ether oxygens (including phenoxy) is 2. The van der Waals surface area contributed by atoms with Gasteiger partial charge in [-0.25, -0.2) is 0 Å². The second-order valence-electron chi connectivity index (χ2n) is 2.97. The average molecular weight is 203 g/mol. The zero-order valence-corrected chi connectivity index (χ0v) is 9.17. The molecule has 0 aliphatic heterocycles. The van der Waals surface area contributed by atoms with Crippen molar-refractivity contribution in [1.29, 1.82) is 0 Å². The van der Waals surface area contributed by atoms with Gasteiger partial charge in [-0.2, -0.15) is 0 Å². The van der Waals surface area contributed by atoms with E-state index in [-0.39, 0.29) is 5.78 Å². The molecule has 0 aromatic carbocycles. The van der Waals surface area contributed by atoms with Crippen LogP contribution in [-0.2, 0) is 14.3 Å². The van der Waals surface area contributed by atoms with Crippen LogP contribution < -0.4 is 5.32 Å². The van der Waals surface area contributed by atoms with Gasteiger partial charge < -0.3 is 14.8 Å². The predicted molar refractivity (Wildman–Crippen MR) is 55.5 cm³/mol. The minimum atomic E-state index is 0.251. The molecule has 0 aliphatic rings. The second-order valence-corrected chi connectivity index (χ2v) is 2.97. The Labute approximate surface area is 86.0 Å². The van der Waals surface area contributed by atoms with E-state index in [1.54, 1.807) is 0 Å². The van der Waals surface area contributed by atoms with Gasteiger partial charge >= 0.3 is 0 Å². The van der Waals surface area contributed by atoms with E-state index < -0.39 is 0 Å². The molecule has 0 bridgehead atoms. The van der Waals surface area contributed by atoms with Gasteiger partial charge in [-0.1, -0.05) is 6.92 Å². The SMILES string of the molecule is CCC(=O)CCOCCOCCNC. The van der Waals surface area contributed by atoms with Crippen molar-refractivity contribution in [2.75, 3.05) is 40.0 Å². The zero-order valence-electron chi connectivity index (χ0n) is 9.17. The average Bonchev–Trinajstić information content (AvgIpc) is 2.21. The van der Waals surface area contributed by atoms with Gasteiger partial charge in [0.25, 0.3) is 0 Å². The topological polar surface area (TPSA) is 47.6 Å². The fourth-order valence-electron chi connectivity index (χ4n) is 0.859. The van der Waals surface area contributed by atoms with Crippen LogP contribution in [0.15, 0.2) is 0 Å². The molecule has 0 radical (unpaired) electrons. The van der Waals surface area contributed by atoms with Crippen LogP contribution in [-0.4, -0.2) is 45.8 Å². The summed E-state index contributed by atoms with van der Waals surface area (Å²) in [5.41, 5.74) is 0. The minimum Gasteiger partial charge on any atom is -0.379 e. The van der Waals surface area contributed by atoms with Crippen LogP contribution in [0.2, 0.25) is 0 Å². The number of hydrogen-bond donors (Lipinski definition) is 1. The molecule has 0 saturated carbocycles. The van der Waals surface area contributed by atoms with E-state index >= 15 is 0 Å². The first kappa shape index (κ1) is 13.5. The van der Waals surface area contributed by atoms with Crippen molar-refractivity contribution in [3.63, 3.8) is 0 Å². The second kappa shape index (κ2) is 10.6. The van der Waals surface area contributed by atoms with Crippen molar-refractivity contribution >= 4 is 5.78 Å². The molecule has 14 heavy (non-hydrogen) atoms. The maximum Gasteiger partial charge on any atom is 0.134 e. The van der Waals surface area contributed by atoms with E-state index in [2.05, 4.69) is 5.32 Å². The molecule has 0 saturated heterocycles. The van der Waals surface area contributed by atoms with Gasteiger partial charge in [-0.3, -0.25) is 4.79 Å². The minimum absolute atomic E-state index is 0.251. The number of carbonyl (C=O) groups excluding carboxylic acids is 1. The standard InChI is InChI=1S/C10H21NO3/c1-3-10(12)4-6-13-8-9-14-7-5-11-2/h11H,3-9H2,1-2H3. The third-order valence-electron chi connectivity index (χ3n) is 1.79. The van der Waals surface area contributed by atoms with Crippen LogP contribution in [0.5, 0.6) is 0 Å². The van der Waals surface area contributed by atoms with Crippen molar-refractivity contribution in [2.24, 2.45) is 0 Å². The Balaban J connectivity index is 2.95. The molecule has 0 amide bonds. The molecule has 0 aromatic rings. The number of hydrogen-bond acceptors (Lipinski definition) is 4. The Bertz CT molecular complexity index is 139. The lowest BCUT2D eigenvalue weighted by Gasteiger charge is -2.04. The summed E-state index contributed by atoms with van der Waals surface area (Å²) >= 11 is 0. The van der Waals surface area contributed by atoms with Gasteiger partial charge in [-0.15, -0.1) is 0 Å². The molecule has 0 fully saturated rings. The quantitative estimate of drug-likeness (QED) is 0.528. The molecule has 0 spiro atoms. The van der Waals surface area contributed by atoms with Gasteiger partial charge in [0, 0.05) is 19.4 Å². The Morgan fingerprint density at radius 2 is 1.79 bits per heavy atom. The van der Waals surface area contributed by atoms with Crippen LogP contribution in [0.4, 0.5) is 0 Å². The lowest BCUT2D eigenvalue weighted by molar-refractivity contribution is -0.119. The normalized spacial score (nSPS) is 10.4. The van der Waals surface area contributed by atoms with Crippen molar-refractivity contribution in [2.45, 2.75) is 19.8 Å². The summed E-state index contributed by atoms with van der Waals surface area (Å²) in [6, 6.07) is 0. The maximum absolute atomic E-state index is 10.9. The Kier molecular flexibility index (Phi) is 10.3. The van der Waals surface area contributed by atoms with E-state index in [0.29, 0.717) is 39.3 Å². The molecule has 4 heteroatoms. The Morgan fingerprint density at radius 3 is 2.36 bits per heavy atom. The van der Waals surface area contributed by atoms with Gasteiger partial charge in [0.15, 0.2) is 0 Å². The first-order valence-electron chi connectivity index (χ1n) is 5.13. The number of nitrogens with one attached hydrogen (secondary N) is 1. The summed E-state index contributed by atoms with van der Waals surface area (Å²) in [5, 5.41) is 2.98. The van der Waals surface area contributed by atoms with Gasteiger partial charge in [0.1, 0.15) is 5.78 Å². The molecule has 4 nitrogen and oxygen atoms in total. The number of rotatable bonds is 10. The number of carbonyl (C=O) groups is 1. The summed E-state index contributed by atoms with van der Waals surface area (Å²) in [6.45, 7) is 5.11. The molecule has 0 heterocycles. The molecule has 1 N–H and O–H groups in total. The molecular formula is C10H21NO3. The molecular weight excluding hydrogens is 182 g/mol. The fraction of sp³-hybridized carbons (Fsp3) is 0.900. The maximum atomic E-state index is 10.9. The van der Waals surface area contributed by atoms with E-state index in [1.807, 2.05) is 14.0 Å². The Morgan fingerprint density at radius 1 is 1.14 bits per heavy atom. The van der Waals surface area contributed by atoms with Gasteiger partial charge in [-0.05, 0) is 7.05 Å². The monoisotopic (exact) mass is 203 g/mol. The fourth-order valence-corrected chi connectivity index (χ4v) is 0.859. The van der Waals surface area contributed by atoms with Crippen LogP contribution >= 0.6 is 0 Å². The molecule has 0 atom stereocenters. The lowest BCUT2D eigenvalue weighted by atomic mass is 10.2. The largest absolute Gasteiger partial charge is 0.379 e. The molecule has 0 rings (SSSR count).